The Morgan fingerprint density at radius 1 is 1.40 bits per heavy atom. The summed E-state index contributed by atoms with van der Waals surface area (Å²) in [5.41, 5.74) is 1.71. The molecule has 0 saturated carbocycles. The summed E-state index contributed by atoms with van der Waals surface area (Å²) in [5.74, 6) is 0.00793. The van der Waals surface area contributed by atoms with Crippen molar-refractivity contribution in [3.05, 3.63) is 30.0 Å². The minimum atomic E-state index is 0.00793. The molecule has 1 aliphatic heterocycles. The second kappa shape index (κ2) is 5.25. The van der Waals surface area contributed by atoms with E-state index in [1.165, 1.54) is 6.42 Å². The molecule has 1 unspecified atom stereocenters. The summed E-state index contributed by atoms with van der Waals surface area (Å²) in [6.45, 7) is 0.795. The average Bonchev–Trinajstić information content (AvgIpc) is 2.90. The molecule has 106 valence electrons. The first kappa shape index (κ1) is 13.1. The Morgan fingerprint density at radius 2 is 2.25 bits per heavy atom. The van der Waals surface area contributed by atoms with Crippen molar-refractivity contribution in [2.45, 2.75) is 25.5 Å². The molecule has 5 nitrogen and oxygen atoms in total. The smallest absolute Gasteiger partial charge is 0.253 e. The van der Waals surface area contributed by atoms with E-state index in [1.807, 2.05) is 22.9 Å². The van der Waals surface area contributed by atoms with Gasteiger partial charge in [-0.2, -0.15) is 5.10 Å². The number of hydrogen-bond donors (Lipinski definition) is 0. The minimum absolute atomic E-state index is 0.00793. The molecule has 2 heterocycles. The van der Waals surface area contributed by atoms with Gasteiger partial charge in [0.1, 0.15) is 0 Å². The summed E-state index contributed by atoms with van der Waals surface area (Å²) in [5, 5.41) is 5.41. The van der Waals surface area contributed by atoms with Crippen LogP contribution in [0.15, 0.2) is 24.4 Å². The van der Waals surface area contributed by atoms with Crippen molar-refractivity contribution in [1.82, 2.24) is 14.7 Å². The average molecular weight is 273 g/mol. The van der Waals surface area contributed by atoms with Crippen LogP contribution in [-0.2, 0) is 4.74 Å². The van der Waals surface area contributed by atoms with E-state index in [4.69, 9.17) is 4.74 Å². The number of carbonyl (C=O) groups is 1. The molecule has 3 rings (SSSR count). The molecule has 0 bridgehead atoms. The Bertz CT molecular complexity index is 627. The first-order chi connectivity index (χ1) is 9.66. The minimum Gasteiger partial charge on any atom is -0.356 e. The van der Waals surface area contributed by atoms with E-state index in [9.17, 15) is 4.79 Å². The van der Waals surface area contributed by atoms with Crippen molar-refractivity contribution < 1.29 is 9.53 Å². The fourth-order valence-electron chi connectivity index (χ4n) is 2.59. The van der Waals surface area contributed by atoms with Gasteiger partial charge in [0.15, 0.2) is 6.23 Å². The highest BCUT2D eigenvalue weighted by molar-refractivity contribution is 5.97. The third-order valence-electron chi connectivity index (χ3n) is 3.68. The van der Waals surface area contributed by atoms with Gasteiger partial charge in [0.25, 0.3) is 5.91 Å². The molecule has 1 aromatic heterocycles. The van der Waals surface area contributed by atoms with E-state index >= 15 is 0 Å². The van der Waals surface area contributed by atoms with E-state index in [0.717, 1.165) is 30.4 Å². The molecule has 1 saturated heterocycles. The zero-order valence-corrected chi connectivity index (χ0v) is 11.9. The van der Waals surface area contributed by atoms with Gasteiger partial charge < -0.3 is 9.64 Å². The maximum absolute atomic E-state index is 12.0. The molecule has 1 atom stereocenters. The van der Waals surface area contributed by atoms with E-state index in [2.05, 4.69) is 5.10 Å². The third kappa shape index (κ3) is 2.29. The van der Waals surface area contributed by atoms with Gasteiger partial charge in [-0.15, -0.1) is 0 Å². The van der Waals surface area contributed by atoms with Crippen LogP contribution in [0.5, 0.6) is 0 Å². The quantitative estimate of drug-likeness (QED) is 0.844. The van der Waals surface area contributed by atoms with E-state index in [1.54, 1.807) is 25.2 Å². The molecule has 5 heteroatoms. The number of carbonyl (C=O) groups excluding carboxylic acids is 1. The predicted octanol–water partition coefficient (Wildman–Crippen LogP) is 2.44. The number of rotatable bonds is 2. The van der Waals surface area contributed by atoms with Crippen molar-refractivity contribution in [2.75, 3.05) is 20.7 Å². The summed E-state index contributed by atoms with van der Waals surface area (Å²) >= 11 is 0. The molecule has 0 spiro atoms. The number of aromatic nitrogens is 2. The molecular weight excluding hydrogens is 254 g/mol. The van der Waals surface area contributed by atoms with Crippen LogP contribution in [0, 0.1) is 0 Å². The maximum Gasteiger partial charge on any atom is 0.253 e. The summed E-state index contributed by atoms with van der Waals surface area (Å²) in [6, 6.07) is 5.70. The lowest BCUT2D eigenvalue weighted by Crippen LogP contribution is -2.21. The van der Waals surface area contributed by atoms with Gasteiger partial charge in [-0.25, -0.2) is 4.68 Å². The van der Waals surface area contributed by atoms with Crippen molar-refractivity contribution in [1.29, 1.82) is 0 Å². The van der Waals surface area contributed by atoms with Crippen LogP contribution in [-0.4, -0.2) is 41.3 Å². The molecule has 1 fully saturated rings. The van der Waals surface area contributed by atoms with Gasteiger partial charge in [0.05, 0.1) is 11.7 Å². The van der Waals surface area contributed by atoms with Crippen LogP contribution in [0.4, 0.5) is 0 Å². The first-order valence-electron chi connectivity index (χ1n) is 6.97. The van der Waals surface area contributed by atoms with Crippen molar-refractivity contribution in [3.63, 3.8) is 0 Å². The van der Waals surface area contributed by atoms with Crippen LogP contribution < -0.4 is 0 Å². The topological polar surface area (TPSA) is 47.4 Å². The van der Waals surface area contributed by atoms with Gasteiger partial charge in [-0.05, 0) is 37.5 Å². The Morgan fingerprint density at radius 3 is 2.95 bits per heavy atom. The molecular formula is C15H19N3O2. The zero-order chi connectivity index (χ0) is 14.1. The molecule has 20 heavy (non-hydrogen) atoms. The van der Waals surface area contributed by atoms with Crippen molar-refractivity contribution in [2.24, 2.45) is 0 Å². The molecule has 1 aromatic carbocycles. The number of fused-ring (bicyclic) bond motifs is 1. The molecule has 0 radical (unpaired) electrons. The maximum atomic E-state index is 12.0. The highest BCUT2D eigenvalue weighted by atomic mass is 16.5. The number of nitrogens with zero attached hydrogens (tertiary/aromatic N) is 3. The summed E-state index contributed by atoms with van der Waals surface area (Å²) in [4.78, 5) is 13.5. The van der Waals surface area contributed by atoms with Gasteiger partial charge in [0, 0.05) is 31.7 Å². The Hall–Kier alpha value is -1.88. The number of amides is 1. The monoisotopic (exact) mass is 273 g/mol. The van der Waals surface area contributed by atoms with E-state index in [-0.39, 0.29) is 12.1 Å². The zero-order valence-electron chi connectivity index (χ0n) is 11.9. The third-order valence-corrected chi connectivity index (χ3v) is 3.68. The second-order valence-corrected chi connectivity index (χ2v) is 5.38. The lowest BCUT2D eigenvalue weighted by atomic mass is 10.1. The number of benzene rings is 1. The lowest BCUT2D eigenvalue weighted by Gasteiger charge is -2.23. The Kier molecular flexibility index (Phi) is 3.44. The van der Waals surface area contributed by atoms with Gasteiger partial charge in [-0.3, -0.25) is 4.79 Å². The van der Waals surface area contributed by atoms with Crippen LogP contribution in [0.3, 0.4) is 0 Å². The first-order valence-corrected chi connectivity index (χ1v) is 6.97. The standard InChI is InChI=1S/C15H19N3O2/c1-17(2)15(19)11-6-7-13-12(9-11)10-16-18(13)14-5-3-4-8-20-14/h6-7,9-10,14H,3-5,8H2,1-2H3. The SMILES string of the molecule is CN(C)C(=O)c1ccc2c(cnn2C2CCCCO2)c1. The molecule has 2 aromatic rings. The summed E-state index contributed by atoms with van der Waals surface area (Å²) in [6.07, 6.45) is 5.12. The normalized spacial score (nSPS) is 19.2. The van der Waals surface area contributed by atoms with Gasteiger partial charge in [0.2, 0.25) is 0 Å². The molecule has 1 aliphatic rings. The predicted molar refractivity (Wildman–Crippen MR) is 76.6 cm³/mol. The Labute approximate surface area is 118 Å². The van der Waals surface area contributed by atoms with Crippen LogP contribution >= 0.6 is 0 Å². The van der Waals surface area contributed by atoms with Crippen molar-refractivity contribution >= 4 is 16.8 Å². The van der Waals surface area contributed by atoms with Crippen molar-refractivity contribution in [3.8, 4) is 0 Å². The summed E-state index contributed by atoms with van der Waals surface area (Å²) < 4.78 is 7.70. The van der Waals surface area contributed by atoms with Gasteiger partial charge in [-0.1, -0.05) is 0 Å². The van der Waals surface area contributed by atoms with Crippen LogP contribution in [0.2, 0.25) is 0 Å². The highest BCUT2D eigenvalue weighted by Gasteiger charge is 2.19. The van der Waals surface area contributed by atoms with Gasteiger partial charge >= 0.3 is 0 Å². The van der Waals surface area contributed by atoms with E-state index in [0.29, 0.717) is 5.56 Å². The molecule has 1 amide bonds. The molecule has 0 aliphatic carbocycles. The Balaban J connectivity index is 1.95. The number of hydrogen-bond acceptors (Lipinski definition) is 3. The highest BCUT2D eigenvalue weighted by Crippen LogP contribution is 2.26. The fraction of sp³-hybridized carbons (Fsp3) is 0.467. The fourth-order valence-corrected chi connectivity index (χ4v) is 2.59. The lowest BCUT2D eigenvalue weighted by molar-refractivity contribution is -0.0366. The summed E-state index contributed by atoms with van der Waals surface area (Å²) in [7, 11) is 3.51. The molecule has 0 N–H and O–H groups in total. The second-order valence-electron chi connectivity index (χ2n) is 5.38. The van der Waals surface area contributed by atoms with Crippen LogP contribution in [0.25, 0.3) is 10.9 Å². The largest absolute Gasteiger partial charge is 0.356 e. The van der Waals surface area contributed by atoms with E-state index < -0.39 is 0 Å². The number of ether oxygens (including phenoxy) is 1. The van der Waals surface area contributed by atoms with Crippen LogP contribution in [0.1, 0.15) is 35.8 Å².